The van der Waals surface area contributed by atoms with E-state index in [0.29, 0.717) is 5.56 Å². The third-order valence-corrected chi connectivity index (χ3v) is 8.81. The molecule has 0 aliphatic heterocycles. The van der Waals surface area contributed by atoms with Gasteiger partial charge in [0.05, 0.1) is 5.56 Å². The van der Waals surface area contributed by atoms with E-state index in [2.05, 4.69) is 6.92 Å². The van der Waals surface area contributed by atoms with Crippen molar-refractivity contribution in [3.63, 3.8) is 0 Å². The van der Waals surface area contributed by atoms with Crippen molar-refractivity contribution >= 4 is 5.97 Å². The molecule has 1 aromatic rings. The van der Waals surface area contributed by atoms with Crippen LogP contribution in [0.4, 0.5) is 4.39 Å². The number of ether oxygens (including phenoxy) is 1. The quantitative estimate of drug-likeness (QED) is 0.430. The molecule has 0 spiro atoms. The van der Waals surface area contributed by atoms with Gasteiger partial charge in [0, 0.05) is 0 Å². The highest BCUT2D eigenvalue weighted by atomic mass is 19.1. The van der Waals surface area contributed by atoms with Crippen LogP contribution in [0.25, 0.3) is 0 Å². The maximum absolute atomic E-state index is 13.1. The van der Waals surface area contributed by atoms with Crippen molar-refractivity contribution in [2.24, 2.45) is 29.6 Å². The summed E-state index contributed by atoms with van der Waals surface area (Å²) in [5.41, 5.74) is 0.450. The maximum atomic E-state index is 13.1. The van der Waals surface area contributed by atoms with E-state index in [1.165, 1.54) is 101 Å². The Hall–Kier alpha value is -1.38. The second kappa shape index (κ2) is 11.0. The summed E-state index contributed by atoms with van der Waals surface area (Å²) in [6.07, 6.45) is 18.9. The maximum Gasteiger partial charge on any atom is 0.338 e. The molecule has 0 bridgehead atoms. The predicted octanol–water partition coefficient (Wildman–Crippen LogP) is 7.95. The largest absolute Gasteiger partial charge is 0.459 e. The Morgan fingerprint density at radius 2 is 1.23 bits per heavy atom. The molecule has 172 valence electrons. The van der Waals surface area contributed by atoms with Gasteiger partial charge in [-0.1, -0.05) is 32.6 Å². The molecule has 0 N–H and O–H groups in total. The molecule has 0 amide bonds. The van der Waals surface area contributed by atoms with E-state index in [0.717, 1.165) is 42.4 Å². The minimum atomic E-state index is -0.323. The van der Waals surface area contributed by atoms with Crippen molar-refractivity contribution in [1.82, 2.24) is 0 Å². The molecule has 1 aromatic carbocycles. The Kier molecular flexibility index (Phi) is 8.07. The molecule has 3 aliphatic rings. The summed E-state index contributed by atoms with van der Waals surface area (Å²) in [5, 5.41) is 0. The number of carbonyl (C=O) groups excluding carboxylic acids is 1. The van der Waals surface area contributed by atoms with Crippen LogP contribution in [0.2, 0.25) is 0 Å². The summed E-state index contributed by atoms with van der Waals surface area (Å²) >= 11 is 0. The SMILES string of the molecule is CCCC1CCC(C2CCC(C3CCC(OC(=O)c4ccc(F)cc4)CC3)CC2)CC1. The van der Waals surface area contributed by atoms with Crippen LogP contribution in [0, 0.1) is 35.4 Å². The highest BCUT2D eigenvalue weighted by Crippen LogP contribution is 2.46. The van der Waals surface area contributed by atoms with Gasteiger partial charge in [0.2, 0.25) is 0 Å². The number of rotatable bonds is 6. The van der Waals surface area contributed by atoms with Crippen LogP contribution in [0.1, 0.15) is 107 Å². The van der Waals surface area contributed by atoms with Crippen LogP contribution < -0.4 is 0 Å². The molecule has 3 aliphatic carbocycles. The van der Waals surface area contributed by atoms with E-state index in [1.54, 1.807) is 0 Å². The molecule has 0 radical (unpaired) electrons. The monoisotopic (exact) mass is 428 g/mol. The first-order valence-corrected chi connectivity index (χ1v) is 13.1. The minimum absolute atomic E-state index is 0.0310. The smallest absolute Gasteiger partial charge is 0.338 e. The van der Waals surface area contributed by atoms with Gasteiger partial charge >= 0.3 is 5.97 Å². The molecular weight excluding hydrogens is 387 g/mol. The number of hydrogen-bond acceptors (Lipinski definition) is 2. The number of benzene rings is 1. The fourth-order valence-electron chi connectivity index (χ4n) is 6.93. The van der Waals surface area contributed by atoms with Gasteiger partial charge in [-0.05, 0) is 118 Å². The summed E-state index contributed by atoms with van der Waals surface area (Å²) in [4.78, 5) is 12.3. The van der Waals surface area contributed by atoms with Crippen molar-refractivity contribution in [1.29, 1.82) is 0 Å². The van der Waals surface area contributed by atoms with E-state index < -0.39 is 0 Å². The fraction of sp³-hybridized carbons (Fsp3) is 0.750. The molecule has 2 nitrogen and oxygen atoms in total. The number of esters is 1. The molecule has 0 aromatic heterocycles. The Balaban J connectivity index is 1.16. The normalized spacial score (nSPS) is 34.3. The molecule has 0 heterocycles. The van der Waals surface area contributed by atoms with E-state index in [4.69, 9.17) is 4.74 Å². The summed E-state index contributed by atoms with van der Waals surface area (Å²) in [7, 11) is 0. The third-order valence-electron chi connectivity index (χ3n) is 8.81. The van der Waals surface area contributed by atoms with Crippen molar-refractivity contribution < 1.29 is 13.9 Å². The second-order valence-corrected chi connectivity index (χ2v) is 10.7. The van der Waals surface area contributed by atoms with Crippen molar-refractivity contribution in [2.75, 3.05) is 0 Å². The van der Waals surface area contributed by atoms with Crippen LogP contribution >= 0.6 is 0 Å². The van der Waals surface area contributed by atoms with Gasteiger partial charge in [-0.3, -0.25) is 0 Å². The number of halogens is 1. The van der Waals surface area contributed by atoms with Gasteiger partial charge in [0.1, 0.15) is 11.9 Å². The molecule has 3 fully saturated rings. The summed E-state index contributed by atoms with van der Waals surface area (Å²) < 4.78 is 18.8. The van der Waals surface area contributed by atoms with Crippen LogP contribution in [0.3, 0.4) is 0 Å². The molecule has 3 saturated carbocycles. The Morgan fingerprint density at radius 3 is 1.71 bits per heavy atom. The average Bonchev–Trinajstić information content (AvgIpc) is 2.81. The zero-order chi connectivity index (χ0) is 21.6. The van der Waals surface area contributed by atoms with Crippen LogP contribution in [-0.2, 0) is 4.74 Å². The fourth-order valence-corrected chi connectivity index (χ4v) is 6.93. The van der Waals surface area contributed by atoms with E-state index in [1.807, 2.05) is 0 Å². The summed E-state index contributed by atoms with van der Waals surface area (Å²) in [6, 6.07) is 5.66. The minimum Gasteiger partial charge on any atom is -0.459 e. The lowest BCUT2D eigenvalue weighted by molar-refractivity contribution is 0.00997. The predicted molar refractivity (Wildman–Crippen MR) is 123 cm³/mol. The zero-order valence-corrected chi connectivity index (χ0v) is 19.4. The Bertz CT molecular complexity index is 675. The lowest BCUT2D eigenvalue weighted by Gasteiger charge is -2.41. The average molecular weight is 429 g/mol. The molecule has 3 heteroatoms. The van der Waals surface area contributed by atoms with Gasteiger partial charge < -0.3 is 4.74 Å². The van der Waals surface area contributed by atoms with Gasteiger partial charge in [-0.15, -0.1) is 0 Å². The van der Waals surface area contributed by atoms with Crippen molar-refractivity contribution in [3.8, 4) is 0 Å². The summed E-state index contributed by atoms with van der Waals surface area (Å²) in [6.45, 7) is 2.33. The molecule has 0 unspecified atom stereocenters. The Morgan fingerprint density at radius 1 is 0.774 bits per heavy atom. The first-order valence-electron chi connectivity index (χ1n) is 13.1. The highest BCUT2D eigenvalue weighted by molar-refractivity contribution is 5.89. The first-order chi connectivity index (χ1) is 15.1. The van der Waals surface area contributed by atoms with Crippen LogP contribution in [0.15, 0.2) is 24.3 Å². The number of hydrogen-bond donors (Lipinski definition) is 0. The molecular formula is C28H41FO2. The van der Waals surface area contributed by atoms with Gasteiger partial charge in [0.15, 0.2) is 0 Å². The van der Waals surface area contributed by atoms with Crippen molar-refractivity contribution in [2.45, 2.75) is 103 Å². The Labute approximate surface area is 188 Å². The highest BCUT2D eigenvalue weighted by Gasteiger charge is 2.35. The van der Waals surface area contributed by atoms with Crippen LogP contribution in [0.5, 0.6) is 0 Å². The number of carbonyl (C=O) groups is 1. The standard InChI is InChI=1S/C28H41FO2/c1-2-3-20-4-6-21(7-5-20)22-8-10-23(11-9-22)24-14-18-27(19-15-24)31-28(30)25-12-16-26(29)17-13-25/h12-13,16-17,20-24,27H,2-11,14-15,18-19H2,1H3. The van der Waals surface area contributed by atoms with Gasteiger partial charge in [-0.2, -0.15) is 0 Å². The van der Waals surface area contributed by atoms with E-state index in [-0.39, 0.29) is 17.9 Å². The summed E-state index contributed by atoms with van der Waals surface area (Å²) in [5.74, 6) is 4.10. The first kappa shape index (κ1) is 22.8. The van der Waals surface area contributed by atoms with Crippen LogP contribution in [-0.4, -0.2) is 12.1 Å². The van der Waals surface area contributed by atoms with E-state index in [9.17, 15) is 9.18 Å². The topological polar surface area (TPSA) is 26.3 Å². The second-order valence-electron chi connectivity index (χ2n) is 10.7. The van der Waals surface area contributed by atoms with Gasteiger partial charge in [0.25, 0.3) is 0 Å². The molecule has 0 saturated heterocycles. The zero-order valence-electron chi connectivity index (χ0n) is 19.4. The van der Waals surface area contributed by atoms with Gasteiger partial charge in [-0.25, -0.2) is 9.18 Å². The van der Waals surface area contributed by atoms with E-state index >= 15 is 0 Å². The third kappa shape index (κ3) is 6.11. The molecule has 0 atom stereocenters. The lowest BCUT2D eigenvalue weighted by atomic mass is 9.65. The van der Waals surface area contributed by atoms with Crippen molar-refractivity contribution in [3.05, 3.63) is 35.6 Å². The molecule has 31 heavy (non-hydrogen) atoms. The molecule has 4 rings (SSSR count). The lowest BCUT2D eigenvalue weighted by Crippen LogP contribution is -2.31.